The molecule has 0 radical (unpaired) electrons. The first kappa shape index (κ1) is 26.8. The van der Waals surface area contributed by atoms with Crippen LogP contribution in [0.5, 0.6) is 0 Å². The Morgan fingerprint density at radius 3 is 2.63 bits per heavy atom. The lowest BCUT2D eigenvalue weighted by atomic mass is 10.0. The monoisotopic (exact) mass is 525 g/mol. The van der Waals surface area contributed by atoms with Crippen LogP contribution in [-0.4, -0.2) is 91.1 Å². The fourth-order valence-corrected chi connectivity index (χ4v) is 4.68. The number of nitrogens with zero attached hydrogens (tertiary/aromatic N) is 2. The average molecular weight is 526 g/mol. The van der Waals surface area contributed by atoms with Gasteiger partial charge in [-0.25, -0.2) is 9.78 Å². The van der Waals surface area contributed by atoms with Crippen LogP contribution in [0, 0.1) is 0 Å². The number of H-pyrrole nitrogens is 2. The molecule has 3 aromatic rings. The molecule has 13 nitrogen and oxygen atoms in total. The molecule has 0 aliphatic carbocycles. The highest BCUT2D eigenvalue weighted by molar-refractivity contribution is 5.95. The SMILES string of the molecule is NC(Cc1c[nH]c2ccccc12)C(=O)NC(Cc1cnc[nH]1)C(=O)N1CCCC1C(=O)NC(CO)C(=O)O. The standard InChI is InChI=1S/C25H31N7O6/c26-17(8-14-10-28-18-5-2-1-4-16(14)18)22(34)30-19(9-15-11-27-13-29-15)24(36)32-7-3-6-21(32)23(35)31-20(12-33)25(37)38/h1-2,4-5,10-11,13,17,19-21,28,33H,3,6-9,12,26H2,(H,27,29)(H,30,34)(H,31,35)(H,37,38). The molecule has 0 bridgehead atoms. The number of imidazole rings is 1. The Morgan fingerprint density at radius 1 is 1.13 bits per heavy atom. The van der Waals surface area contributed by atoms with Gasteiger partial charge in [-0.2, -0.15) is 0 Å². The predicted molar refractivity (Wildman–Crippen MR) is 136 cm³/mol. The van der Waals surface area contributed by atoms with Crippen LogP contribution < -0.4 is 16.4 Å². The second-order valence-corrected chi connectivity index (χ2v) is 9.28. The number of hydrogen-bond acceptors (Lipinski definition) is 7. The topological polar surface area (TPSA) is 207 Å². The maximum Gasteiger partial charge on any atom is 0.328 e. The maximum absolute atomic E-state index is 13.6. The number of hydrogen-bond donors (Lipinski definition) is 7. The van der Waals surface area contributed by atoms with E-state index in [1.807, 2.05) is 24.3 Å². The van der Waals surface area contributed by atoms with Crippen molar-refractivity contribution in [1.29, 1.82) is 0 Å². The van der Waals surface area contributed by atoms with Gasteiger partial charge in [-0.1, -0.05) is 18.2 Å². The number of amides is 3. The summed E-state index contributed by atoms with van der Waals surface area (Å²) >= 11 is 0. The molecule has 3 amide bonds. The van der Waals surface area contributed by atoms with Gasteiger partial charge in [0.05, 0.1) is 19.0 Å². The second kappa shape index (κ2) is 11.9. The minimum atomic E-state index is -1.48. The van der Waals surface area contributed by atoms with Crippen LogP contribution in [0.15, 0.2) is 43.0 Å². The van der Waals surface area contributed by atoms with Gasteiger partial charge in [-0.05, 0) is 30.9 Å². The molecular weight excluding hydrogens is 494 g/mol. The van der Waals surface area contributed by atoms with E-state index in [0.29, 0.717) is 18.5 Å². The van der Waals surface area contributed by atoms with Crippen LogP contribution >= 0.6 is 0 Å². The summed E-state index contributed by atoms with van der Waals surface area (Å²) in [4.78, 5) is 62.1. The van der Waals surface area contributed by atoms with Crippen LogP contribution in [0.25, 0.3) is 10.9 Å². The Labute approximate surface area is 217 Å². The molecule has 3 heterocycles. The largest absolute Gasteiger partial charge is 0.480 e. The zero-order chi connectivity index (χ0) is 27.2. The van der Waals surface area contributed by atoms with Crippen molar-refractivity contribution in [3.05, 3.63) is 54.2 Å². The molecule has 13 heteroatoms. The number of nitrogens with one attached hydrogen (secondary N) is 4. The van der Waals surface area contributed by atoms with Crippen molar-refractivity contribution in [3.8, 4) is 0 Å². The van der Waals surface area contributed by atoms with Crippen molar-refractivity contribution in [2.45, 2.75) is 49.9 Å². The van der Waals surface area contributed by atoms with E-state index in [2.05, 4.69) is 25.6 Å². The number of carboxylic acid groups (broad SMARTS) is 1. The van der Waals surface area contributed by atoms with E-state index < -0.39 is 54.5 Å². The van der Waals surface area contributed by atoms with Crippen LogP contribution in [0.2, 0.25) is 0 Å². The number of carbonyl (C=O) groups is 4. The van der Waals surface area contributed by atoms with Gasteiger partial charge in [0, 0.05) is 42.0 Å². The number of aliphatic hydroxyl groups is 1. The van der Waals surface area contributed by atoms with Crippen LogP contribution in [0.1, 0.15) is 24.1 Å². The van der Waals surface area contributed by atoms with E-state index in [9.17, 15) is 24.3 Å². The number of nitrogens with two attached hydrogens (primary N) is 1. The number of para-hydroxylation sites is 1. The fraction of sp³-hybridized carbons (Fsp3) is 0.400. The smallest absolute Gasteiger partial charge is 0.328 e. The summed E-state index contributed by atoms with van der Waals surface area (Å²) in [5.74, 6) is -3.09. The molecule has 1 fully saturated rings. The van der Waals surface area contributed by atoms with Gasteiger partial charge in [0.2, 0.25) is 17.7 Å². The van der Waals surface area contributed by atoms with Crippen LogP contribution in [0.4, 0.5) is 0 Å². The quantitative estimate of drug-likeness (QED) is 0.166. The summed E-state index contributed by atoms with van der Waals surface area (Å²) in [7, 11) is 0. The normalized spacial score (nSPS) is 17.6. The van der Waals surface area contributed by atoms with E-state index in [-0.39, 0.29) is 19.4 Å². The van der Waals surface area contributed by atoms with Gasteiger partial charge in [0.25, 0.3) is 0 Å². The zero-order valence-electron chi connectivity index (χ0n) is 20.6. The Bertz CT molecular complexity index is 1290. The third kappa shape index (κ3) is 6.01. The van der Waals surface area contributed by atoms with E-state index in [1.165, 1.54) is 17.4 Å². The predicted octanol–water partition coefficient (Wildman–Crippen LogP) is -0.959. The Kier molecular flexibility index (Phi) is 8.38. The summed E-state index contributed by atoms with van der Waals surface area (Å²) in [6.45, 7) is -0.529. The summed E-state index contributed by atoms with van der Waals surface area (Å²) < 4.78 is 0. The molecular formula is C25H31N7O6. The average Bonchev–Trinajstić information content (AvgIpc) is 3.67. The van der Waals surface area contributed by atoms with Gasteiger partial charge >= 0.3 is 5.97 Å². The van der Waals surface area contributed by atoms with E-state index in [1.54, 1.807) is 6.20 Å². The van der Waals surface area contributed by atoms with Crippen LogP contribution in [0.3, 0.4) is 0 Å². The molecule has 4 unspecified atom stereocenters. The van der Waals surface area contributed by atoms with E-state index in [0.717, 1.165) is 16.5 Å². The number of carboxylic acids is 1. The van der Waals surface area contributed by atoms with Gasteiger partial charge < -0.3 is 41.4 Å². The van der Waals surface area contributed by atoms with Gasteiger partial charge in [-0.15, -0.1) is 0 Å². The lowest BCUT2D eigenvalue weighted by Crippen LogP contribution is -2.57. The minimum Gasteiger partial charge on any atom is -0.480 e. The van der Waals surface area contributed by atoms with Gasteiger partial charge in [0.15, 0.2) is 0 Å². The first-order valence-electron chi connectivity index (χ1n) is 12.3. The number of aliphatic hydroxyl groups excluding tert-OH is 1. The first-order chi connectivity index (χ1) is 18.3. The second-order valence-electron chi connectivity index (χ2n) is 9.28. The molecule has 2 aromatic heterocycles. The van der Waals surface area contributed by atoms with Crippen molar-refractivity contribution >= 4 is 34.6 Å². The highest BCUT2D eigenvalue weighted by atomic mass is 16.4. The first-order valence-corrected chi connectivity index (χ1v) is 12.3. The molecule has 38 heavy (non-hydrogen) atoms. The molecule has 0 saturated carbocycles. The minimum absolute atomic E-state index is 0.0869. The molecule has 1 aliphatic rings. The lowest BCUT2D eigenvalue weighted by molar-refractivity contribution is -0.145. The molecule has 4 atom stereocenters. The van der Waals surface area contributed by atoms with Crippen molar-refractivity contribution in [2.24, 2.45) is 5.73 Å². The zero-order valence-corrected chi connectivity index (χ0v) is 20.6. The van der Waals surface area contributed by atoms with Crippen molar-refractivity contribution in [3.63, 3.8) is 0 Å². The Balaban J connectivity index is 1.48. The van der Waals surface area contributed by atoms with Crippen LogP contribution in [-0.2, 0) is 32.0 Å². The number of likely N-dealkylation sites (tertiary alicyclic amines) is 1. The number of aromatic nitrogens is 3. The third-order valence-electron chi connectivity index (χ3n) is 6.68. The lowest BCUT2D eigenvalue weighted by Gasteiger charge is -2.29. The highest BCUT2D eigenvalue weighted by Crippen LogP contribution is 2.21. The summed E-state index contributed by atoms with van der Waals surface area (Å²) in [6, 6.07) is 3.25. The number of benzene rings is 1. The van der Waals surface area contributed by atoms with Gasteiger partial charge in [0.1, 0.15) is 18.1 Å². The molecule has 1 aromatic carbocycles. The third-order valence-corrected chi connectivity index (χ3v) is 6.68. The fourth-order valence-electron chi connectivity index (χ4n) is 4.68. The number of rotatable bonds is 11. The molecule has 202 valence electrons. The Morgan fingerprint density at radius 2 is 1.92 bits per heavy atom. The molecule has 4 rings (SSSR count). The summed E-state index contributed by atoms with van der Waals surface area (Å²) in [5.41, 5.74) is 8.62. The number of aromatic amines is 2. The molecule has 0 spiro atoms. The van der Waals surface area contributed by atoms with Crippen molar-refractivity contribution < 1.29 is 29.4 Å². The molecule has 1 aliphatic heterocycles. The number of fused-ring (bicyclic) bond motifs is 1. The van der Waals surface area contributed by atoms with Crippen molar-refractivity contribution in [2.75, 3.05) is 13.2 Å². The number of aliphatic carboxylic acids is 1. The highest BCUT2D eigenvalue weighted by Gasteiger charge is 2.39. The number of carbonyl (C=O) groups excluding carboxylic acids is 3. The maximum atomic E-state index is 13.6. The Hall–Kier alpha value is -4.23. The summed E-state index contributed by atoms with van der Waals surface area (Å²) in [5, 5.41) is 24.4. The molecule has 1 saturated heterocycles. The van der Waals surface area contributed by atoms with Crippen molar-refractivity contribution in [1.82, 2.24) is 30.5 Å². The van der Waals surface area contributed by atoms with Gasteiger partial charge in [-0.3, -0.25) is 14.4 Å². The van der Waals surface area contributed by atoms with E-state index >= 15 is 0 Å². The summed E-state index contributed by atoms with van der Waals surface area (Å²) in [6.07, 6.45) is 5.96. The van der Waals surface area contributed by atoms with E-state index in [4.69, 9.17) is 10.8 Å². The molecule has 8 N–H and O–H groups in total.